The normalized spacial score (nSPS) is 30.4. The van der Waals surface area contributed by atoms with Crippen LogP contribution >= 0.6 is 0 Å². The van der Waals surface area contributed by atoms with Crippen molar-refractivity contribution in [3.05, 3.63) is 47.6 Å². The van der Waals surface area contributed by atoms with Gasteiger partial charge in [0, 0.05) is 31.5 Å². The first-order valence-corrected chi connectivity index (χ1v) is 13.5. The standard InChI is InChI=1S/C29H37N3O6/c1-15-10-11-29(17(3)13-16(2)27(38-29)18(4)26(33)20-7-6-12-31-20)37-22(15)14-23-32-25-21(36-23)9-8-19(30-5)24(25)28(34)35/h6-9,12,15-18,22,27,30-31H,10-11,13-14H2,1-5H3,(H,34,35)/t15-,16-,17-,18+,22?,27?,29?/m1/s1. The molecule has 4 heterocycles. The summed E-state index contributed by atoms with van der Waals surface area (Å²) in [5.41, 5.74) is 1.93. The number of H-pyrrole nitrogens is 1. The van der Waals surface area contributed by atoms with Gasteiger partial charge in [0.2, 0.25) is 0 Å². The van der Waals surface area contributed by atoms with E-state index in [9.17, 15) is 14.7 Å². The SMILES string of the molecule is CNc1ccc2oc(CC3OC4(CC[C@H]3C)OC([C@@H](C)C(=O)c3ccc[nH]3)[C@H](C)C[C@H]4C)nc2c1C(=O)O. The van der Waals surface area contributed by atoms with Crippen molar-refractivity contribution in [1.82, 2.24) is 9.97 Å². The number of carbonyl (C=O) groups excluding carboxylic acids is 1. The van der Waals surface area contributed by atoms with Gasteiger partial charge in [0.15, 0.2) is 23.0 Å². The van der Waals surface area contributed by atoms with Gasteiger partial charge < -0.3 is 29.3 Å². The summed E-state index contributed by atoms with van der Waals surface area (Å²) < 4.78 is 19.6. The van der Waals surface area contributed by atoms with E-state index in [1.54, 1.807) is 31.4 Å². The van der Waals surface area contributed by atoms with Crippen LogP contribution in [0.2, 0.25) is 0 Å². The molecule has 1 aromatic carbocycles. The Bertz CT molecular complexity index is 1320. The highest BCUT2D eigenvalue weighted by atomic mass is 16.7. The number of anilines is 1. The van der Waals surface area contributed by atoms with Crippen LogP contribution in [0.5, 0.6) is 0 Å². The maximum absolute atomic E-state index is 13.1. The number of nitrogens with one attached hydrogen (secondary N) is 2. The molecule has 204 valence electrons. The van der Waals surface area contributed by atoms with Crippen LogP contribution in [0.25, 0.3) is 11.1 Å². The average Bonchev–Trinajstić information content (AvgIpc) is 3.57. The second kappa shape index (κ2) is 10.2. The van der Waals surface area contributed by atoms with Crippen molar-refractivity contribution in [2.75, 3.05) is 12.4 Å². The predicted octanol–water partition coefficient (Wildman–Crippen LogP) is 5.53. The van der Waals surface area contributed by atoms with E-state index in [1.165, 1.54) is 0 Å². The Labute approximate surface area is 222 Å². The molecule has 2 aromatic heterocycles. The Balaban J connectivity index is 1.39. The molecule has 5 rings (SSSR count). The van der Waals surface area contributed by atoms with Crippen molar-refractivity contribution in [3.8, 4) is 0 Å². The molecule has 2 saturated heterocycles. The Kier molecular flexibility index (Phi) is 7.09. The zero-order valence-corrected chi connectivity index (χ0v) is 22.6. The third kappa shape index (κ3) is 4.62. The third-order valence-corrected chi connectivity index (χ3v) is 8.54. The first kappa shape index (κ1) is 26.4. The molecule has 38 heavy (non-hydrogen) atoms. The van der Waals surface area contributed by atoms with Gasteiger partial charge in [0.1, 0.15) is 11.1 Å². The number of carbonyl (C=O) groups is 2. The molecule has 3 unspecified atom stereocenters. The highest BCUT2D eigenvalue weighted by Crippen LogP contribution is 2.48. The van der Waals surface area contributed by atoms with E-state index in [1.807, 2.05) is 13.0 Å². The molecule has 9 heteroatoms. The molecule has 2 aliphatic rings. The number of nitrogens with zero attached hydrogens (tertiary/aromatic N) is 1. The van der Waals surface area contributed by atoms with E-state index in [4.69, 9.17) is 13.9 Å². The summed E-state index contributed by atoms with van der Waals surface area (Å²) in [6.07, 6.45) is 4.22. The Morgan fingerprint density at radius 3 is 2.68 bits per heavy atom. The number of rotatable bonds is 7. The molecule has 0 amide bonds. The van der Waals surface area contributed by atoms with Crippen LogP contribution in [-0.4, -0.2) is 51.9 Å². The first-order chi connectivity index (χ1) is 18.1. The minimum Gasteiger partial charge on any atom is -0.478 e. The zero-order valence-electron chi connectivity index (χ0n) is 22.6. The van der Waals surface area contributed by atoms with E-state index in [2.05, 4.69) is 36.1 Å². The molecular formula is C29H37N3O6. The number of hydrogen-bond acceptors (Lipinski definition) is 7. The summed E-state index contributed by atoms with van der Waals surface area (Å²) in [7, 11) is 1.68. The van der Waals surface area contributed by atoms with Gasteiger partial charge >= 0.3 is 5.97 Å². The van der Waals surface area contributed by atoms with Gasteiger partial charge in [-0.2, -0.15) is 0 Å². The van der Waals surface area contributed by atoms with Crippen molar-refractivity contribution in [2.45, 2.75) is 71.4 Å². The summed E-state index contributed by atoms with van der Waals surface area (Å²) in [4.78, 5) is 32.7. The van der Waals surface area contributed by atoms with Gasteiger partial charge in [0.05, 0.1) is 30.0 Å². The highest BCUT2D eigenvalue weighted by Gasteiger charge is 2.52. The summed E-state index contributed by atoms with van der Waals surface area (Å²) >= 11 is 0. The van der Waals surface area contributed by atoms with Crippen LogP contribution < -0.4 is 5.32 Å². The van der Waals surface area contributed by atoms with Crippen LogP contribution in [0.4, 0.5) is 5.69 Å². The summed E-state index contributed by atoms with van der Waals surface area (Å²) in [5, 5.41) is 12.7. The van der Waals surface area contributed by atoms with Crippen LogP contribution in [0.1, 0.15) is 73.7 Å². The minimum atomic E-state index is -1.06. The number of carboxylic acids is 1. The third-order valence-electron chi connectivity index (χ3n) is 8.54. The van der Waals surface area contributed by atoms with E-state index in [0.29, 0.717) is 34.8 Å². The number of Topliss-reactive ketones (excluding diaryl/α,β-unsaturated/α-hetero) is 1. The summed E-state index contributed by atoms with van der Waals surface area (Å²) in [6.45, 7) is 8.39. The van der Waals surface area contributed by atoms with Gasteiger partial charge in [0.25, 0.3) is 0 Å². The molecule has 1 spiro atoms. The fourth-order valence-electron chi connectivity index (χ4n) is 6.27. The van der Waals surface area contributed by atoms with Crippen molar-refractivity contribution in [2.24, 2.45) is 23.7 Å². The average molecular weight is 524 g/mol. The van der Waals surface area contributed by atoms with Gasteiger partial charge in [-0.05, 0) is 48.9 Å². The van der Waals surface area contributed by atoms with Crippen molar-refractivity contribution < 1.29 is 28.6 Å². The van der Waals surface area contributed by atoms with E-state index >= 15 is 0 Å². The number of benzene rings is 1. The molecular weight excluding hydrogens is 486 g/mol. The number of aromatic amines is 1. The monoisotopic (exact) mass is 523 g/mol. The van der Waals surface area contributed by atoms with Gasteiger partial charge in [-0.25, -0.2) is 9.78 Å². The second-order valence-electron chi connectivity index (χ2n) is 11.1. The highest BCUT2D eigenvalue weighted by molar-refractivity contribution is 6.06. The van der Waals surface area contributed by atoms with Crippen LogP contribution in [-0.2, 0) is 15.9 Å². The molecule has 0 bridgehead atoms. The Morgan fingerprint density at radius 2 is 2.00 bits per heavy atom. The number of ether oxygens (including phenoxy) is 2. The number of fused-ring (bicyclic) bond motifs is 1. The maximum Gasteiger partial charge on any atom is 0.340 e. The molecule has 0 radical (unpaired) electrons. The number of ketones is 1. The predicted molar refractivity (Wildman–Crippen MR) is 142 cm³/mol. The molecule has 3 N–H and O–H groups in total. The van der Waals surface area contributed by atoms with Crippen LogP contribution in [0, 0.1) is 23.7 Å². The summed E-state index contributed by atoms with van der Waals surface area (Å²) in [5.74, 6) is -1.11. The number of oxazole rings is 1. The van der Waals surface area contributed by atoms with Crippen molar-refractivity contribution >= 4 is 28.5 Å². The Morgan fingerprint density at radius 1 is 1.21 bits per heavy atom. The fourth-order valence-corrected chi connectivity index (χ4v) is 6.27. The molecule has 2 fully saturated rings. The number of aromatic nitrogens is 2. The summed E-state index contributed by atoms with van der Waals surface area (Å²) in [6, 6.07) is 7.05. The number of hydrogen-bond donors (Lipinski definition) is 3. The molecule has 0 aliphatic carbocycles. The minimum absolute atomic E-state index is 0.0407. The van der Waals surface area contributed by atoms with E-state index in [0.717, 1.165) is 19.3 Å². The fraction of sp³-hybridized carbons (Fsp3) is 0.552. The zero-order chi connectivity index (χ0) is 27.2. The van der Waals surface area contributed by atoms with Crippen molar-refractivity contribution in [3.63, 3.8) is 0 Å². The van der Waals surface area contributed by atoms with Crippen molar-refractivity contribution in [1.29, 1.82) is 0 Å². The molecule has 0 saturated carbocycles. The Hall–Kier alpha value is -3.17. The lowest BCUT2D eigenvalue weighted by Gasteiger charge is -2.53. The molecule has 3 aromatic rings. The molecule has 2 aliphatic heterocycles. The van der Waals surface area contributed by atoms with Gasteiger partial charge in [-0.3, -0.25) is 4.79 Å². The number of aromatic carboxylic acids is 1. The van der Waals surface area contributed by atoms with E-state index < -0.39 is 11.8 Å². The molecule has 9 nitrogen and oxygen atoms in total. The lowest BCUT2D eigenvalue weighted by molar-refractivity contribution is -0.355. The first-order valence-electron chi connectivity index (χ1n) is 13.5. The lowest BCUT2D eigenvalue weighted by Crippen LogP contribution is -2.58. The largest absolute Gasteiger partial charge is 0.478 e. The number of carboxylic acid groups (broad SMARTS) is 1. The molecule has 7 atom stereocenters. The second-order valence-corrected chi connectivity index (χ2v) is 11.1. The van der Waals surface area contributed by atoms with Gasteiger partial charge in [-0.1, -0.05) is 27.7 Å². The van der Waals surface area contributed by atoms with Crippen LogP contribution in [0.15, 0.2) is 34.9 Å². The van der Waals surface area contributed by atoms with E-state index in [-0.39, 0.29) is 47.2 Å². The maximum atomic E-state index is 13.1. The van der Waals surface area contributed by atoms with Crippen LogP contribution in [0.3, 0.4) is 0 Å². The lowest BCUT2D eigenvalue weighted by atomic mass is 9.75. The smallest absolute Gasteiger partial charge is 0.340 e. The topological polar surface area (TPSA) is 127 Å². The van der Waals surface area contributed by atoms with Gasteiger partial charge in [-0.15, -0.1) is 0 Å². The quantitative estimate of drug-likeness (QED) is 0.345.